The molecule has 1 saturated carbocycles. The maximum absolute atomic E-state index is 11.2. The van der Waals surface area contributed by atoms with E-state index in [1.54, 1.807) is 6.20 Å². The first-order valence-electron chi connectivity index (χ1n) is 11.7. The van der Waals surface area contributed by atoms with Crippen molar-refractivity contribution in [1.29, 1.82) is 0 Å². The van der Waals surface area contributed by atoms with Crippen molar-refractivity contribution in [2.75, 3.05) is 48.3 Å². The quantitative estimate of drug-likeness (QED) is 0.566. The predicted octanol–water partition coefficient (Wildman–Crippen LogP) is 4.38. The Bertz CT molecular complexity index is 1100. The van der Waals surface area contributed by atoms with Crippen LogP contribution in [-0.2, 0) is 4.79 Å². The fourth-order valence-electron chi connectivity index (χ4n) is 4.27. The summed E-state index contributed by atoms with van der Waals surface area (Å²) in [6.45, 7) is 7.19. The number of anilines is 4. The molecule has 0 spiro atoms. The lowest BCUT2D eigenvalue weighted by molar-refractivity contribution is -0.114. The molecule has 1 saturated heterocycles. The lowest BCUT2D eigenvalue weighted by Crippen LogP contribution is -2.47. The second-order valence-electron chi connectivity index (χ2n) is 8.93. The molecule has 7 heteroatoms. The van der Waals surface area contributed by atoms with Crippen molar-refractivity contribution in [3.8, 4) is 11.3 Å². The highest BCUT2D eigenvalue weighted by Crippen LogP contribution is 2.30. The van der Waals surface area contributed by atoms with Gasteiger partial charge in [0.1, 0.15) is 0 Å². The minimum absolute atomic E-state index is 0.0846. The Morgan fingerprint density at radius 3 is 2.52 bits per heavy atom. The summed E-state index contributed by atoms with van der Waals surface area (Å²) in [6.07, 6.45) is 4.59. The summed E-state index contributed by atoms with van der Waals surface area (Å²) < 4.78 is 0. The molecule has 2 aliphatic rings. The molecule has 0 unspecified atom stereocenters. The molecule has 3 aromatic rings. The molecule has 2 N–H and O–H groups in total. The van der Waals surface area contributed by atoms with Gasteiger partial charge < -0.3 is 15.5 Å². The fraction of sp³-hybridized carbons (Fsp3) is 0.346. The Morgan fingerprint density at radius 1 is 1.00 bits per heavy atom. The van der Waals surface area contributed by atoms with E-state index >= 15 is 0 Å². The summed E-state index contributed by atoms with van der Waals surface area (Å²) in [6, 6.07) is 18.0. The van der Waals surface area contributed by atoms with E-state index in [0.717, 1.165) is 54.7 Å². The van der Waals surface area contributed by atoms with Gasteiger partial charge in [0.15, 0.2) is 0 Å². The minimum Gasteiger partial charge on any atom is -0.369 e. The molecule has 0 atom stereocenters. The summed E-state index contributed by atoms with van der Waals surface area (Å²) in [5.74, 6) is 1.43. The van der Waals surface area contributed by atoms with Gasteiger partial charge in [0, 0.05) is 68.5 Å². The maximum Gasteiger partial charge on any atom is 0.227 e. The van der Waals surface area contributed by atoms with Crippen molar-refractivity contribution in [3.05, 3.63) is 60.8 Å². The molecule has 0 radical (unpaired) electrons. The summed E-state index contributed by atoms with van der Waals surface area (Å²) in [5, 5.41) is 6.14. The Morgan fingerprint density at radius 2 is 1.79 bits per heavy atom. The van der Waals surface area contributed by atoms with Gasteiger partial charge in [-0.15, -0.1) is 0 Å². The number of nitrogens with one attached hydrogen (secondary N) is 2. The molecule has 170 valence electrons. The third-order valence-corrected chi connectivity index (χ3v) is 6.21. The highest BCUT2D eigenvalue weighted by Gasteiger charge is 2.26. The Labute approximate surface area is 194 Å². The highest BCUT2D eigenvalue weighted by atomic mass is 16.1. The summed E-state index contributed by atoms with van der Waals surface area (Å²) in [5.41, 5.74) is 4.77. The van der Waals surface area contributed by atoms with Gasteiger partial charge in [0.25, 0.3) is 0 Å². The molecule has 7 nitrogen and oxygen atoms in total. The lowest BCUT2D eigenvalue weighted by atomic mass is 10.1. The van der Waals surface area contributed by atoms with Gasteiger partial charge in [-0.1, -0.05) is 18.2 Å². The number of carbonyl (C=O) groups is 1. The standard InChI is InChI=1S/C26H30N6O/c1-19(33)28-22-9-7-21(8-10-22)25-11-12-27-26(30-25)29-23-3-2-4-24(17-23)32-15-13-31(14-16-32)18-20-5-6-20/h2-4,7-12,17,20H,5-6,13-16,18H2,1H3,(H,28,33)(H,27,29,30). The van der Waals surface area contributed by atoms with Crippen molar-refractivity contribution in [1.82, 2.24) is 14.9 Å². The van der Waals surface area contributed by atoms with Crippen molar-refractivity contribution >= 4 is 28.9 Å². The third kappa shape index (κ3) is 5.68. The molecule has 1 aliphatic carbocycles. The molecular formula is C26H30N6O. The normalized spacial score (nSPS) is 16.5. The van der Waals surface area contributed by atoms with Crippen molar-refractivity contribution in [3.63, 3.8) is 0 Å². The van der Waals surface area contributed by atoms with Crippen LogP contribution in [0.4, 0.5) is 23.0 Å². The summed E-state index contributed by atoms with van der Waals surface area (Å²) in [4.78, 5) is 25.4. The first-order valence-corrected chi connectivity index (χ1v) is 11.7. The van der Waals surface area contributed by atoms with Crippen LogP contribution in [0.25, 0.3) is 11.3 Å². The zero-order valence-corrected chi connectivity index (χ0v) is 19.0. The van der Waals surface area contributed by atoms with E-state index < -0.39 is 0 Å². The maximum atomic E-state index is 11.2. The van der Waals surface area contributed by atoms with E-state index in [1.165, 1.54) is 32.0 Å². The Balaban J connectivity index is 1.24. The zero-order chi connectivity index (χ0) is 22.6. The predicted molar refractivity (Wildman–Crippen MR) is 133 cm³/mol. The molecular weight excluding hydrogens is 412 g/mol. The summed E-state index contributed by atoms with van der Waals surface area (Å²) >= 11 is 0. The van der Waals surface area contributed by atoms with Gasteiger partial charge in [-0.3, -0.25) is 9.69 Å². The van der Waals surface area contributed by atoms with Crippen LogP contribution in [0, 0.1) is 5.92 Å². The van der Waals surface area contributed by atoms with Crippen LogP contribution in [0.5, 0.6) is 0 Å². The van der Waals surface area contributed by atoms with Crippen LogP contribution < -0.4 is 15.5 Å². The van der Waals surface area contributed by atoms with E-state index in [-0.39, 0.29) is 5.91 Å². The zero-order valence-electron chi connectivity index (χ0n) is 19.0. The average molecular weight is 443 g/mol. The van der Waals surface area contributed by atoms with Crippen molar-refractivity contribution < 1.29 is 4.79 Å². The Hall–Kier alpha value is -3.45. The highest BCUT2D eigenvalue weighted by molar-refractivity contribution is 5.88. The summed E-state index contributed by atoms with van der Waals surface area (Å²) in [7, 11) is 0. The molecule has 2 aromatic carbocycles. The number of benzene rings is 2. The molecule has 1 aliphatic heterocycles. The minimum atomic E-state index is -0.0846. The second kappa shape index (κ2) is 9.58. The van der Waals surface area contributed by atoms with E-state index in [0.29, 0.717) is 5.95 Å². The first-order chi connectivity index (χ1) is 16.1. The molecule has 2 fully saturated rings. The average Bonchev–Trinajstić information content (AvgIpc) is 3.64. The SMILES string of the molecule is CC(=O)Nc1ccc(-c2ccnc(Nc3cccc(N4CCN(CC5CC5)CC4)c3)n2)cc1. The van der Waals surface area contributed by atoms with E-state index in [9.17, 15) is 4.79 Å². The smallest absolute Gasteiger partial charge is 0.227 e. The molecule has 5 rings (SSSR count). The van der Waals surface area contributed by atoms with Crippen LogP contribution in [0.3, 0.4) is 0 Å². The van der Waals surface area contributed by atoms with Gasteiger partial charge in [-0.05, 0) is 55.2 Å². The van der Waals surface area contributed by atoms with Gasteiger partial charge in [-0.25, -0.2) is 9.97 Å². The van der Waals surface area contributed by atoms with Gasteiger partial charge in [-0.2, -0.15) is 0 Å². The van der Waals surface area contributed by atoms with Crippen LogP contribution in [0.1, 0.15) is 19.8 Å². The molecule has 1 aromatic heterocycles. The molecule has 2 heterocycles. The number of carbonyl (C=O) groups excluding carboxylic acids is 1. The topological polar surface area (TPSA) is 73.4 Å². The molecule has 33 heavy (non-hydrogen) atoms. The number of piperazine rings is 1. The van der Waals surface area contributed by atoms with Gasteiger partial charge in [0.05, 0.1) is 5.69 Å². The number of hydrogen-bond acceptors (Lipinski definition) is 6. The van der Waals surface area contributed by atoms with Crippen LogP contribution in [0.15, 0.2) is 60.8 Å². The number of rotatable bonds is 7. The van der Waals surface area contributed by atoms with Crippen LogP contribution >= 0.6 is 0 Å². The van der Waals surface area contributed by atoms with Gasteiger partial charge in [0.2, 0.25) is 11.9 Å². The molecule has 0 bridgehead atoms. The fourth-order valence-corrected chi connectivity index (χ4v) is 4.27. The lowest BCUT2D eigenvalue weighted by Gasteiger charge is -2.36. The first kappa shape index (κ1) is 21.4. The van der Waals surface area contributed by atoms with Crippen molar-refractivity contribution in [2.45, 2.75) is 19.8 Å². The van der Waals surface area contributed by atoms with Crippen molar-refractivity contribution in [2.24, 2.45) is 5.92 Å². The Kier molecular flexibility index (Phi) is 6.21. The second-order valence-corrected chi connectivity index (χ2v) is 8.93. The van der Waals surface area contributed by atoms with Crippen LogP contribution in [0.2, 0.25) is 0 Å². The van der Waals surface area contributed by atoms with E-state index in [2.05, 4.69) is 48.6 Å². The molecule has 1 amide bonds. The number of amides is 1. The van der Waals surface area contributed by atoms with Crippen LogP contribution in [-0.4, -0.2) is 53.5 Å². The number of aromatic nitrogens is 2. The monoisotopic (exact) mass is 442 g/mol. The largest absolute Gasteiger partial charge is 0.369 e. The number of hydrogen-bond donors (Lipinski definition) is 2. The number of nitrogens with zero attached hydrogens (tertiary/aromatic N) is 4. The van der Waals surface area contributed by atoms with Gasteiger partial charge >= 0.3 is 0 Å². The van der Waals surface area contributed by atoms with E-state index in [4.69, 9.17) is 0 Å². The third-order valence-electron chi connectivity index (χ3n) is 6.21. The van der Waals surface area contributed by atoms with E-state index in [1.807, 2.05) is 36.4 Å².